The van der Waals surface area contributed by atoms with Crippen LogP contribution in [0.2, 0.25) is 0 Å². The van der Waals surface area contributed by atoms with E-state index >= 15 is 0 Å². The van der Waals surface area contributed by atoms with E-state index < -0.39 is 0 Å². The minimum Gasteiger partial charge on any atom is -0.358 e. The van der Waals surface area contributed by atoms with E-state index in [1.807, 2.05) is 21.0 Å². The summed E-state index contributed by atoms with van der Waals surface area (Å²) in [7, 11) is 4.05. The molecule has 0 spiro atoms. The standard InChI is InChI=1S/C19H25N5OS/c1-11-6-7-12(2)18-17(11)14(13(3)20-18)10-15(25)21-19-23-22-16(26-19)8-9-24(4)5/h6-7,20H,8-10H2,1-5H3,(H,21,23,25). The molecule has 2 heterocycles. The number of nitrogens with one attached hydrogen (secondary N) is 2. The first-order valence-electron chi connectivity index (χ1n) is 8.69. The zero-order valence-electron chi connectivity index (χ0n) is 15.9. The van der Waals surface area contributed by atoms with E-state index in [0.29, 0.717) is 11.6 Å². The van der Waals surface area contributed by atoms with Crippen LogP contribution in [-0.2, 0) is 17.6 Å². The van der Waals surface area contributed by atoms with Crippen LogP contribution in [0.1, 0.15) is 27.4 Å². The van der Waals surface area contributed by atoms with Crippen LogP contribution in [0.25, 0.3) is 10.9 Å². The van der Waals surface area contributed by atoms with E-state index in [1.54, 1.807) is 0 Å². The smallest absolute Gasteiger partial charge is 0.230 e. The lowest BCUT2D eigenvalue weighted by molar-refractivity contribution is -0.115. The van der Waals surface area contributed by atoms with E-state index in [-0.39, 0.29) is 5.91 Å². The number of H-pyrrole nitrogens is 1. The highest BCUT2D eigenvalue weighted by Gasteiger charge is 2.16. The minimum atomic E-state index is -0.0646. The molecule has 0 aliphatic rings. The lowest BCUT2D eigenvalue weighted by atomic mass is 10.0. The number of carbonyl (C=O) groups excluding carboxylic acids is 1. The molecule has 0 fully saturated rings. The lowest BCUT2D eigenvalue weighted by Gasteiger charge is -2.06. The van der Waals surface area contributed by atoms with Crippen LogP contribution in [0.4, 0.5) is 5.13 Å². The average molecular weight is 372 g/mol. The second kappa shape index (κ2) is 7.55. The van der Waals surface area contributed by atoms with Crippen molar-refractivity contribution in [2.24, 2.45) is 0 Å². The van der Waals surface area contributed by atoms with E-state index in [1.165, 1.54) is 22.5 Å². The fraction of sp³-hybridized carbons (Fsp3) is 0.421. The summed E-state index contributed by atoms with van der Waals surface area (Å²) in [5.41, 5.74) is 5.58. The molecule has 0 aliphatic heterocycles. The molecular formula is C19H25N5OS. The predicted octanol–water partition coefficient (Wildman–Crippen LogP) is 3.23. The van der Waals surface area contributed by atoms with Gasteiger partial charge >= 0.3 is 0 Å². The van der Waals surface area contributed by atoms with Crippen LogP contribution >= 0.6 is 11.3 Å². The van der Waals surface area contributed by atoms with Crippen LogP contribution < -0.4 is 5.32 Å². The molecule has 2 aromatic heterocycles. The third-order valence-electron chi connectivity index (χ3n) is 4.51. The minimum absolute atomic E-state index is 0.0646. The number of amides is 1. The number of aryl methyl sites for hydroxylation is 3. The molecule has 1 aromatic carbocycles. The van der Waals surface area contributed by atoms with Crippen molar-refractivity contribution in [3.63, 3.8) is 0 Å². The van der Waals surface area contributed by atoms with Crippen molar-refractivity contribution >= 4 is 33.3 Å². The average Bonchev–Trinajstić information content (AvgIpc) is 3.15. The zero-order valence-corrected chi connectivity index (χ0v) is 16.8. The number of nitrogens with zero attached hydrogens (tertiary/aromatic N) is 3. The van der Waals surface area contributed by atoms with Gasteiger partial charge in [0.25, 0.3) is 0 Å². The Hall–Kier alpha value is -2.25. The Bertz CT molecular complexity index is 941. The van der Waals surface area contributed by atoms with Crippen molar-refractivity contribution in [3.05, 3.63) is 39.5 Å². The van der Waals surface area contributed by atoms with Gasteiger partial charge in [-0.3, -0.25) is 4.79 Å². The second-order valence-electron chi connectivity index (χ2n) is 6.96. The Labute approximate surface area is 157 Å². The number of benzene rings is 1. The summed E-state index contributed by atoms with van der Waals surface area (Å²) >= 11 is 1.44. The molecule has 26 heavy (non-hydrogen) atoms. The molecule has 3 rings (SSSR count). The molecule has 3 aromatic rings. The van der Waals surface area contributed by atoms with Crippen molar-refractivity contribution in [1.29, 1.82) is 0 Å². The Morgan fingerprint density at radius 3 is 2.65 bits per heavy atom. The van der Waals surface area contributed by atoms with Crippen LogP contribution in [0, 0.1) is 20.8 Å². The SMILES string of the molecule is Cc1[nH]c2c(C)ccc(C)c2c1CC(=O)Nc1nnc(CCN(C)C)s1. The van der Waals surface area contributed by atoms with Gasteiger partial charge in [0, 0.05) is 29.6 Å². The fourth-order valence-corrected chi connectivity index (χ4v) is 3.83. The Morgan fingerprint density at radius 1 is 1.19 bits per heavy atom. The highest BCUT2D eigenvalue weighted by Crippen LogP contribution is 2.28. The van der Waals surface area contributed by atoms with Gasteiger partial charge in [-0.25, -0.2) is 0 Å². The highest BCUT2D eigenvalue weighted by atomic mass is 32.1. The maximum absolute atomic E-state index is 12.6. The fourth-order valence-electron chi connectivity index (χ4n) is 3.08. The molecule has 0 bridgehead atoms. The second-order valence-corrected chi connectivity index (χ2v) is 8.02. The molecule has 138 valence electrons. The van der Waals surface area contributed by atoms with Crippen molar-refractivity contribution in [2.75, 3.05) is 26.0 Å². The van der Waals surface area contributed by atoms with Gasteiger partial charge in [0.05, 0.1) is 6.42 Å². The number of carbonyl (C=O) groups is 1. The van der Waals surface area contributed by atoms with Gasteiger partial charge in [-0.15, -0.1) is 10.2 Å². The predicted molar refractivity (Wildman–Crippen MR) is 107 cm³/mol. The highest BCUT2D eigenvalue weighted by molar-refractivity contribution is 7.15. The number of likely N-dealkylation sites (N-methyl/N-ethyl adjacent to an activating group) is 1. The van der Waals surface area contributed by atoms with Crippen molar-refractivity contribution in [1.82, 2.24) is 20.1 Å². The summed E-state index contributed by atoms with van der Waals surface area (Å²) in [6, 6.07) is 4.21. The summed E-state index contributed by atoms with van der Waals surface area (Å²) in [4.78, 5) is 18.1. The zero-order chi connectivity index (χ0) is 18.8. The molecule has 2 N–H and O–H groups in total. The van der Waals surface area contributed by atoms with Crippen molar-refractivity contribution in [2.45, 2.75) is 33.6 Å². The molecule has 0 unspecified atom stereocenters. The summed E-state index contributed by atoms with van der Waals surface area (Å²) < 4.78 is 0. The van der Waals surface area contributed by atoms with E-state index in [2.05, 4.69) is 51.4 Å². The first-order valence-corrected chi connectivity index (χ1v) is 9.51. The molecule has 0 atom stereocenters. The van der Waals surface area contributed by atoms with Crippen LogP contribution in [0.5, 0.6) is 0 Å². The van der Waals surface area contributed by atoms with Gasteiger partial charge in [-0.05, 0) is 51.6 Å². The summed E-state index contributed by atoms with van der Waals surface area (Å²) in [5.74, 6) is -0.0646. The number of fused-ring (bicyclic) bond motifs is 1. The number of hydrogen-bond donors (Lipinski definition) is 2. The Kier molecular flexibility index (Phi) is 5.38. The molecule has 0 saturated heterocycles. The molecule has 6 nitrogen and oxygen atoms in total. The Morgan fingerprint density at radius 2 is 1.92 bits per heavy atom. The van der Waals surface area contributed by atoms with Gasteiger partial charge in [0.15, 0.2) is 0 Å². The van der Waals surface area contributed by atoms with Gasteiger partial charge < -0.3 is 15.2 Å². The monoisotopic (exact) mass is 371 g/mol. The molecular weight excluding hydrogens is 346 g/mol. The largest absolute Gasteiger partial charge is 0.358 e. The third kappa shape index (κ3) is 3.94. The van der Waals surface area contributed by atoms with E-state index in [4.69, 9.17) is 0 Å². The van der Waals surface area contributed by atoms with E-state index in [0.717, 1.165) is 40.1 Å². The number of aromatic nitrogens is 3. The molecule has 0 saturated carbocycles. The quantitative estimate of drug-likeness (QED) is 0.698. The van der Waals surface area contributed by atoms with Crippen LogP contribution in [0.15, 0.2) is 12.1 Å². The maximum Gasteiger partial charge on any atom is 0.230 e. The maximum atomic E-state index is 12.6. The molecule has 0 aliphatic carbocycles. The summed E-state index contributed by atoms with van der Waals surface area (Å²) in [5, 5.41) is 13.8. The molecule has 7 heteroatoms. The van der Waals surface area contributed by atoms with Crippen LogP contribution in [-0.4, -0.2) is 46.6 Å². The van der Waals surface area contributed by atoms with Gasteiger partial charge in [-0.1, -0.05) is 23.5 Å². The van der Waals surface area contributed by atoms with Crippen LogP contribution in [0.3, 0.4) is 0 Å². The van der Waals surface area contributed by atoms with Gasteiger partial charge in [-0.2, -0.15) is 0 Å². The van der Waals surface area contributed by atoms with Gasteiger partial charge in [0.1, 0.15) is 5.01 Å². The van der Waals surface area contributed by atoms with Crippen molar-refractivity contribution in [3.8, 4) is 0 Å². The number of aromatic amines is 1. The van der Waals surface area contributed by atoms with Gasteiger partial charge in [0.2, 0.25) is 11.0 Å². The Balaban J connectivity index is 1.74. The molecule has 1 amide bonds. The molecule has 0 radical (unpaired) electrons. The first-order chi connectivity index (χ1) is 12.3. The summed E-state index contributed by atoms with van der Waals surface area (Å²) in [6.07, 6.45) is 1.16. The number of hydrogen-bond acceptors (Lipinski definition) is 5. The lowest BCUT2D eigenvalue weighted by Crippen LogP contribution is -2.15. The van der Waals surface area contributed by atoms with E-state index in [9.17, 15) is 4.79 Å². The van der Waals surface area contributed by atoms with Crippen molar-refractivity contribution < 1.29 is 4.79 Å². The number of rotatable bonds is 6. The topological polar surface area (TPSA) is 73.9 Å². The number of anilines is 1. The normalized spacial score (nSPS) is 11.5. The first kappa shape index (κ1) is 18.5. The third-order valence-corrected chi connectivity index (χ3v) is 5.41. The summed E-state index contributed by atoms with van der Waals surface area (Å²) in [6.45, 7) is 7.10.